The third kappa shape index (κ3) is 3.51. The number of carboxylic acids is 2. The van der Waals surface area contributed by atoms with Crippen LogP contribution < -0.4 is 29.6 Å². The maximum Gasteiger partial charge on any atom is 1.00 e. The molecule has 0 spiro atoms. The van der Waals surface area contributed by atoms with Gasteiger partial charge in [0.1, 0.15) is 0 Å². The van der Waals surface area contributed by atoms with Crippen LogP contribution in [-0.4, -0.2) is 35.1 Å². The van der Waals surface area contributed by atoms with Gasteiger partial charge in [-0.2, -0.15) is 26.6 Å². The van der Waals surface area contributed by atoms with E-state index < -0.39 is 38.1 Å². The van der Waals surface area contributed by atoms with E-state index in [0.29, 0.717) is 0 Å². The summed E-state index contributed by atoms with van der Waals surface area (Å²) < 4.78 is 30.6. The molecule has 0 saturated carbocycles. The molecule has 0 saturated heterocycles. The van der Waals surface area contributed by atoms with E-state index >= 15 is 0 Å². The van der Waals surface area contributed by atoms with Gasteiger partial charge in [-0.3, -0.25) is 14.1 Å². The van der Waals surface area contributed by atoms with E-state index in [-0.39, 0.29) is 29.6 Å². The molecule has 0 atom stereocenters. The molecule has 0 bridgehead atoms. The molecule has 1 rings (SSSR count). The first-order valence-corrected chi connectivity index (χ1v) is 5.17. The van der Waals surface area contributed by atoms with Gasteiger partial charge in [-0.05, 0) is 11.1 Å². The third-order valence-corrected chi connectivity index (χ3v) is 2.62. The summed E-state index contributed by atoms with van der Waals surface area (Å²) in [6.07, 6.45) is 0. The van der Waals surface area contributed by atoms with Gasteiger partial charge in [0.15, 0.2) is 0 Å². The number of hydrogen-bond acceptors (Lipinski definition) is 4. The smallest absolute Gasteiger partial charge is 0.487 e. The predicted molar refractivity (Wildman–Crippen MR) is 49.0 cm³/mol. The van der Waals surface area contributed by atoms with Gasteiger partial charge in [-0.1, -0.05) is 0 Å². The molecule has 0 radical (unpaired) electrons. The standard InChI is InChI=1S/C8H5O7S.Na/c9-7(10)4-2-1-3-5(8(11)12)6(4)16(13,14)15;/h2-3H,(H,9,10)(H,11,12)(H,13,14,15);/q-1;+1. The quantitative estimate of drug-likeness (QED) is 0.305. The SMILES string of the molecule is O=C(O)c1c[c-]cc(C(=O)O)c1S(=O)(=O)O.[Na+]. The Labute approximate surface area is 118 Å². The Kier molecular flexibility index (Phi) is 5.30. The van der Waals surface area contributed by atoms with E-state index in [1.165, 1.54) is 0 Å². The fraction of sp³-hybridized carbons (Fsp3) is 0. The van der Waals surface area contributed by atoms with Crippen molar-refractivity contribution < 1.29 is 62.3 Å². The van der Waals surface area contributed by atoms with Gasteiger partial charge in [-0.25, -0.2) is 0 Å². The predicted octanol–water partition coefficient (Wildman–Crippen LogP) is -2.87. The molecule has 0 aliphatic rings. The van der Waals surface area contributed by atoms with E-state index in [1.807, 2.05) is 0 Å². The largest absolute Gasteiger partial charge is 1.00 e. The summed E-state index contributed by atoms with van der Waals surface area (Å²) in [4.78, 5) is 20.2. The van der Waals surface area contributed by atoms with Crippen LogP contribution in [0.25, 0.3) is 0 Å². The van der Waals surface area contributed by atoms with Crippen LogP contribution in [0.1, 0.15) is 20.7 Å². The first-order chi connectivity index (χ1) is 7.25. The van der Waals surface area contributed by atoms with Gasteiger partial charge < -0.3 is 10.2 Å². The zero-order valence-corrected chi connectivity index (χ0v) is 11.4. The molecular formula is C8H5NaO7S. The Hall–Kier alpha value is -0.930. The Morgan fingerprint density at radius 3 is 1.65 bits per heavy atom. The third-order valence-electron chi connectivity index (χ3n) is 1.66. The van der Waals surface area contributed by atoms with Gasteiger partial charge in [0, 0.05) is 4.90 Å². The van der Waals surface area contributed by atoms with E-state index in [1.54, 1.807) is 0 Å². The van der Waals surface area contributed by atoms with Crippen molar-refractivity contribution in [3.8, 4) is 0 Å². The van der Waals surface area contributed by atoms with E-state index in [2.05, 4.69) is 6.07 Å². The van der Waals surface area contributed by atoms with Crippen molar-refractivity contribution in [1.82, 2.24) is 0 Å². The summed E-state index contributed by atoms with van der Waals surface area (Å²) in [6.45, 7) is 0. The minimum atomic E-state index is -4.94. The van der Waals surface area contributed by atoms with Crippen LogP contribution >= 0.6 is 0 Å². The fourth-order valence-electron chi connectivity index (χ4n) is 1.08. The van der Waals surface area contributed by atoms with Crippen LogP contribution in [0.5, 0.6) is 0 Å². The summed E-state index contributed by atoms with van der Waals surface area (Å²) in [5.41, 5.74) is -1.69. The average Bonchev–Trinajstić information content (AvgIpc) is 2.15. The summed E-state index contributed by atoms with van der Waals surface area (Å²) in [5.74, 6) is -3.35. The number of hydrogen-bond donors (Lipinski definition) is 3. The van der Waals surface area contributed by atoms with Crippen molar-refractivity contribution >= 4 is 22.1 Å². The molecule has 0 amide bonds. The number of carboxylic acid groups (broad SMARTS) is 2. The van der Waals surface area contributed by atoms with E-state index in [0.717, 1.165) is 12.1 Å². The van der Waals surface area contributed by atoms with Crippen molar-refractivity contribution in [1.29, 1.82) is 0 Å². The monoisotopic (exact) mass is 268 g/mol. The molecule has 9 heteroatoms. The molecule has 17 heavy (non-hydrogen) atoms. The molecule has 0 fully saturated rings. The summed E-state index contributed by atoms with van der Waals surface area (Å²) in [5, 5.41) is 17.3. The molecule has 0 aliphatic carbocycles. The molecule has 0 unspecified atom stereocenters. The molecule has 7 nitrogen and oxygen atoms in total. The van der Waals surface area contributed by atoms with Crippen LogP contribution in [0.3, 0.4) is 0 Å². The minimum absolute atomic E-state index is 0. The Morgan fingerprint density at radius 2 is 1.41 bits per heavy atom. The number of aromatic carboxylic acids is 2. The molecule has 1 aromatic rings. The molecular weight excluding hydrogens is 263 g/mol. The number of rotatable bonds is 3. The Balaban J connectivity index is 0.00000256. The molecule has 86 valence electrons. The fourth-order valence-corrected chi connectivity index (χ4v) is 1.93. The van der Waals surface area contributed by atoms with Gasteiger partial charge in [0.05, 0.1) is 0 Å². The van der Waals surface area contributed by atoms with Crippen molar-refractivity contribution in [2.75, 3.05) is 0 Å². The first-order valence-electron chi connectivity index (χ1n) is 3.73. The van der Waals surface area contributed by atoms with Crippen molar-refractivity contribution in [2.24, 2.45) is 0 Å². The molecule has 0 heterocycles. The second kappa shape index (κ2) is 5.61. The van der Waals surface area contributed by atoms with Crippen molar-refractivity contribution in [2.45, 2.75) is 4.90 Å². The average molecular weight is 268 g/mol. The van der Waals surface area contributed by atoms with Crippen LogP contribution in [0.2, 0.25) is 0 Å². The zero-order valence-electron chi connectivity index (χ0n) is 8.54. The Morgan fingerprint density at radius 1 is 1.06 bits per heavy atom. The molecule has 3 N–H and O–H groups in total. The topological polar surface area (TPSA) is 129 Å². The van der Waals surface area contributed by atoms with Crippen molar-refractivity contribution in [3.05, 3.63) is 29.3 Å². The minimum Gasteiger partial charge on any atom is -0.487 e. The maximum absolute atomic E-state index is 10.9. The van der Waals surface area contributed by atoms with Gasteiger partial charge in [0.2, 0.25) is 0 Å². The zero-order chi connectivity index (χ0) is 12.5. The van der Waals surface area contributed by atoms with Gasteiger partial charge in [0.25, 0.3) is 22.1 Å². The summed E-state index contributed by atoms with van der Waals surface area (Å²) in [7, 11) is -4.94. The van der Waals surface area contributed by atoms with Gasteiger partial charge in [-0.15, -0.1) is 0 Å². The summed E-state index contributed by atoms with van der Waals surface area (Å²) >= 11 is 0. The van der Waals surface area contributed by atoms with Crippen molar-refractivity contribution in [3.63, 3.8) is 0 Å². The normalized spacial score (nSPS) is 10.4. The number of carbonyl (C=O) groups is 2. The van der Waals surface area contributed by atoms with E-state index in [4.69, 9.17) is 14.8 Å². The second-order valence-electron chi connectivity index (χ2n) is 2.70. The molecule has 0 aliphatic heterocycles. The first kappa shape index (κ1) is 16.1. The van der Waals surface area contributed by atoms with E-state index in [9.17, 15) is 18.0 Å². The maximum atomic E-state index is 10.9. The van der Waals surface area contributed by atoms with Crippen LogP contribution in [0, 0.1) is 6.07 Å². The van der Waals surface area contributed by atoms with Crippen LogP contribution in [0.4, 0.5) is 0 Å². The summed E-state index contributed by atoms with van der Waals surface area (Å²) in [6, 6.07) is 3.69. The van der Waals surface area contributed by atoms with Crippen LogP contribution in [-0.2, 0) is 10.1 Å². The number of benzene rings is 1. The molecule has 0 aromatic heterocycles. The molecule has 1 aromatic carbocycles. The second-order valence-corrected chi connectivity index (χ2v) is 4.06. The van der Waals surface area contributed by atoms with Gasteiger partial charge >= 0.3 is 29.6 Å². The van der Waals surface area contributed by atoms with Crippen LogP contribution in [0.15, 0.2) is 17.0 Å². The Bertz CT molecular complexity index is 531.